The topological polar surface area (TPSA) is 29.1 Å². The maximum Gasteiger partial charge on any atom is 0.233 e. The molecule has 1 atom stereocenters. The maximum atomic E-state index is 11.1. The third kappa shape index (κ3) is 5.20. The molecule has 0 bridgehead atoms. The van der Waals surface area contributed by atoms with E-state index in [0.717, 1.165) is 12.8 Å². The first-order chi connectivity index (χ1) is 5.72. The lowest BCUT2D eigenvalue weighted by Gasteiger charge is -2.06. The van der Waals surface area contributed by atoms with Crippen molar-refractivity contribution >= 4 is 21.8 Å². The molecule has 1 unspecified atom stereocenters. The second kappa shape index (κ2) is 7.17. The van der Waals surface area contributed by atoms with Crippen LogP contribution in [0.3, 0.4) is 0 Å². The van der Waals surface area contributed by atoms with Gasteiger partial charge < -0.3 is 5.32 Å². The summed E-state index contributed by atoms with van der Waals surface area (Å²) in [5.41, 5.74) is 0. The van der Waals surface area contributed by atoms with E-state index in [9.17, 15) is 4.79 Å². The summed E-state index contributed by atoms with van der Waals surface area (Å²) in [6.07, 6.45) is 1.54. The van der Waals surface area contributed by atoms with Gasteiger partial charge in [0, 0.05) is 13.0 Å². The van der Waals surface area contributed by atoms with Crippen molar-refractivity contribution in [3.63, 3.8) is 0 Å². The summed E-state index contributed by atoms with van der Waals surface area (Å²) in [6.45, 7) is 4.40. The zero-order valence-electron chi connectivity index (χ0n) is 7.48. The van der Waals surface area contributed by atoms with Crippen LogP contribution in [0, 0.1) is 11.8 Å². The van der Waals surface area contributed by atoms with Gasteiger partial charge >= 0.3 is 0 Å². The van der Waals surface area contributed by atoms with E-state index in [1.165, 1.54) is 0 Å². The van der Waals surface area contributed by atoms with E-state index in [0.29, 0.717) is 6.54 Å². The van der Waals surface area contributed by atoms with E-state index in [2.05, 4.69) is 33.1 Å². The zero-order chi connectivity index (χ0) is 9.40. The van der Waals surface area contributed by atoms with Gasteiger partial charge in [-0.25, -0.2) is 0 Å². The van der Waals surface area contributed by atoms with Crippen molar-refractivity contribution in [2.24, 2.45) is 0 Å². The molecule has 0 spiro atoms. The number of carbonyl (C=O) groups is 1. The standard InChI is InChI=1S/C9H14BrNO/c1-3-5-6-7-11-9(12)8(10)4-2/h8H,4,6-7H2,1-2H3,(H,11,12). The third-order valence-corrected chi connectivity index (χ3v) is 2.43. The molecule has 0 aromatic heterocycles. The lowest BCUT2D eigenvalue weighted by molar-refractivity contribution is -0.120. The SMILES string of the molecule is CC#CCCNC(=O)C(Br)CC. The van der Waals surface area contributed by atoms with Crippen molar-refractivity contribution in [3.05, 3.63) is 0 Å². The summed E-state index contributed by atoms with van der Waals surface area (Å²) in [5.74, 6) is 5.70. The van der Waals surface area contributed by atoms with Crippen LogP contribution in [-0.4, -0.2) is 17.3 Å². The molecule has 0 aliphatic heterocycles. The molecule has 1 N–H and O–H groups in total. The molecule has 0 saturated heterocycles. The molecule has 2 nitrogen and oxygen atoms in total. The highest BCUT2D eigenvalue weighted by molar-refractivity contribution is 9.10. The lowest BCUT2D eigenvalue weighted by atomic mass is 10.3. The first-order valence-electron chi connectivity index (χ1n) is 4.03. The molecule has 0 aliphatic rings. The van der Waals surface area contributed by atoms with Gasteiger partial charge in [0.15, 0.2) is 0 Å². The van der Waals surface area contributed by atoms with Crippen molar-refractivity contribution in [1.82, 2.24) is 5.32 Å². The Morgan fingerprint density at radius 1 is 1.67 bits per heavy atom. The molecule has 0 radical (unpaired) electrons. The summed E-state index contributed by atoms with van der Waals surface area (Å²) in [5, 5.41) is 2.78. The van der Waals surface area contributed by atoms with Crippen LogP contribution in [-0.2, 0) is 4.79 Å². The molecule has 0 fully saturated rings. The van der Waals surface area contributed by atoms with Crippen LogP contribution in [0.2, 0.25) is 0 Å². The summed E-state index contributed by atoms with van der Waals surface area (Å²) in [6, 6.07) is 0. The lowest BCUT2D eigenvalue weighted by Crippen LogP contribution is -2.31. The minimum atomic E-state index is -0.0629. The Morgan fingerprint density at radius 2 is 2.33 bits per heavy atom. The molecule has 12 heavy (non-hydrogen) atoms. The first-order valence-corrected chi connectivity index (χ1v) is 4.95. The Labute approximate surface area is 82.2 Å². The van der Waals surface area contributed by atoms with E-state index in [1.54, 1.807) is 6.92 Å². The third-order valence-electron chi connectivity index (χ3n) is 1.37. The number of nitrogens with one attached hydrogen (secondary N) is 1. The normalized spacial score (nSPS) is 11.2. The Bertz CT molecular complexity index is 192. The smallest absolute Gasteiger partial charge is 0.233 e. The summed E-state index contributed by atoms with van der Waals surface area (Å²) < 4.78 is 0. The fourth-order valence-electron chi connectivity index (χ4n) is 0.669. The molecular formula is C9H14BrNO. The van der Waals surface area contributed by atoms with E-state index < -0.39 is 0 Å². The highest BCUT2D eigenvalue weighted by Gasteiger charge is 2.09. The molecule has 0 rings (SSSR count). The Morgan fingerprint density at radius 3 is 2.83 bits per heavy atom. The predicted molar refractivity (Wildman–Crippen MR) is 54.1 cm³/mol. The van der Waals surface area contributed by atoms with E-state index in [-0.39, 0.29) is 10.7 Å². The minimum Gasteiger partial charge on any atom is -0.354 e. The quantitative estimate of drug-likeness (QED) is 0.446. The number of halogens is 1. The van der Waals surface area contributed by atoms with Crippen molar-refractivity contribution in [2.45, 2.75) is 31.5 Å². The van der Waals surface area contributed by atoms with Crippen molar-refractivity contribution in [2.75, 3.05) is 6.54 Å². The van der Waals surface area contributed by atoms with Crippen LogP contribution in [0.1, 0.15) is 26.7 Å². The first kappa shape index (κ1) is 11.5. The maximum absolute atomic E-state index is 11.1. The van der Waals surface area contributed by atoms with Gasteiger partial charge in [0.1, 0.15) is 0 Å². The van der Waals surface area contributed by atoms with Crippen molar-refractivity contribution < 1.29 is 4.79 Å². The number of rotatable bonds is 4. The van der Waals surface area contributed by atoms with Gasteiger partial charge in [-0.05, 0) is 13.3 Å². The van der Waals surface area contributed by atoms with Gasteiger partial charge in [-0.15, -0.1) is 11.8 Å². The number of carbonyl (C=O) groups excluding carboxylic acids is 1. The van der Waals surface area contributed by atoms with Crippen molar-refractivity contribution in [3.8, 4) is 11.8 Å². The van der Waals surface area contributed by atoms with Crippen LogP contribution in [0.4, 0.5) is 0 Å². The number of hydrogen-bond acceptors (Lipinski definition) is 1. The largest absolute Gasteiger partial charge is 0.354 e. The van der Waals surface area contributed by atoms with Gasteiger partial charge in [0.25, 0.3) is 0 Å². The van der Waals surface area contributed by atoms with Crippen LogP contribution < -0.4 is 5.32 Å². The van der Waals surface area contributed by atoms with Crippen molar-refractivity contribution in [1.29, 1.82) is 0 Å². The molecule has 0 heterocycles. The molecule has 68 valence electrons. The van der Waals surface area contributed by atoms with Gasteiger partial charge in [0.05, 0.1) is 4.83 Å². The number of amides is 1. The molecule has 0 saturated carbocycles. The predicted octanol–water partition coefficient (Wildman–Crippen LogP) is 1.69. The summed E-state index contributed by atoms with van der Waals surface area (Å²) >= 11 is 3.26. The van der Waals surface area contributed by atoms with Gasteiger partial charge in [-0.1, -0.05) is 22.9 Å². The molecule has 3 heteroatoms. The van der Waals surface area contributed by atoms with Crippen LogP contribution in [0.25, 0.3) is 0 Å². The summed E-state index contributed by atoms with van der Waals surface area (Å²) in [7, 11) is 0. The molecule has 0 aromatic carbocycles. The second-order valence-electron chi connectivity index (χ2n) is 2.34. The Balaban J connectivity index is 3.48. The van der Waals surface area contributed by atoms with Gasteiger partial charge in [0.2, 0.25) is 5.91 Å². The molecule has 1 amide bonds. The average molecular weight is 232 g/mol. The number of alkyl halides is 1. The minimum absolute atomic E-state index is 0.0513. The second-order valence-corrected chi connectivity index (χ2v) is 3.45. The van der Waals surface area contributed by atoms with E-state index >= 15 is 0 Å². The molecule has 0 aliphatic carbocycles. The highest BCUT2D eigenvalue weighted by atomic mass is 79.9. The van der Waals surface area contributed by atoms with E-state index in [4.69, 9.17) is 0 Å². The molecular weight excluding hydrogens is 218 g/mol. The molecule has 0 aromatic rings. The van der Waals surface area contributed by atoms with Crippen LogP contribution in [0.5, 0.6) is 0 Å². The monoisotopic (exact) mass is 231 g/mol. The average Bonchev–Trinajstić information content (AvgIpc) is 2.10. The Hall–Kier alpha value is -0.490. The zero-order valence-corrected chi connectivity index (χ0v) is 9.07. The van der Waals surface area contributed by atoms with Gasteiger partial charge in [-0.3, -0.25) is 4.79 Å². The van der Waals surface area contributed by atoms with E-state index in [1.807, 2.05) is 6.92 Å². The fraction of sp³-hybridized carbons (Fsp3) is 0.667. The summed E-state index contributed by atoms with van der Waals surface area (Å²) in [4.78, 5) is 11.1. The van der Waals surface area contributed by atoms with Crippen LogP contribution >= 0.6 is 15.9 Å². The number of hydrogen-bond donors (Lipinski definition) is 1. The Kier molecular flexibility index (Phi) is 6.88. The van der Waals surface area contributed by atoms with Crippen LogP contribution in [0.15, 0.2) is 0 Å². The van der Waals surface area contributed by atoms with Gasteiger partial charge in [-0.2, -0.15) is 0 Å². The fourth-order valence-corrected chi connectivity index (χ4v) is 0.831. The highest BCUT2D eigenvalue weighted by Crippen LogP contribution is 2.03.